The first-order chi connectivity index (χ1) is 16.0. The van der Waals surface area contributed by atoms with Crippen LogP contribution in [-0.2, 0) is 9.59 Å². The van der Waals surface area contributed by atoms with Crippen molar-refractivity contribution < 1.29 is 24.2 Å². The first-order valence-electron chi connectivity index (χ1n) is 10.7. The van der Waals surface area contributed by atoms with E-state index in [2.05, 4.69) is 0 Å². The van der Waals surface area contributed by atoms with E-state index in [-0.39, 0.29) is 11.3 Å². The number of hydrogen-bond acceptors (Lipinski definition) is 5. The van der Waals surface area contributed by atoms with E-state index in [1.807, 2.05) is 32.0 Å². The van der Waals surface area contributed by atoms with Gasteiger partial charge in [-0.3, -0.25) is 14.5 Å². The maximum atomic E-state index is 13.3. The third-order valence-electron chi connectivity index (χ3n) is 5.66. The van der Waals surface area contributed by atoms with Gasteiger partial charge in [0.25, 0.3) is 11.7 Å². The Morgan fingerprint density at radius 3 is 2.33 bits per heavy atom. The van der Waals surface area contributed by atoms with E-state index < -0.39 is 17.7 Å². The Labute approximate surface area is 192 Å². The number of benzene rings is 3. The molecule has 1 saturated heterocycles. The predicted octanol–water partition coefficient (Wildman–Crippen LogP) is 5.03. The van der Waals surface area contributed by atoms with Crippen LogP contribution in [0, 0.1) is 6.92 Å². The highest BCUT2D eigenvalue weighted by atomic mass is 16.5. The van der Waals surface area contributed by atoms with Gasteiger partial charge in [-0.15, -0.1) is 0 Å². The molecule has 1 fully saturated rings. The number of ketones is 1. The average Bonchev–Trinajstić information content (AvgIpc) is 3.10. The summed E-state index contributed by atoms with van der Waals surface area (Å²) >= 11 is 0. The molecule has 1 amide bonds. The predicted molar refractivity (Wildman–Crippen MR) is 127 cm³/mol. The second-order valence-electron chi connectivity index (χ2n) is 7.66. The van der Waals surface area contributed by atoms with Crippen molar-refractivity contribution in [2.45, 2.75) is 19.9 Å². The van der Waals surface area contributed by atoms with Crippen LogP contribution >= 0.6 is 0 Å². The number of aliphatic hydroxyl groups is 1. The third kappa shape index (κ3) is 3.96. The number of amides is 1. The molecule has 1 aliphatic heterocycles. The van der Waals surface area contributed by atoms with Gasteiger partial charge in [-0.1, -0.05) is 36.4 Å². The Morgan fingerprint density at radius 2 is 1.67 bits per heavy atom. The second-order valence-corrected chi connectivity index (χ2v) is 7.66. The molecule has 1 aliphatic rings. The average molecular weight is 443 g/mol. The largest absolute Gasteiger partial charge is 0.507 e. The number of nitrogens with zero attached hydrogens (tertiary/aromatic N) is 1. The van der Waals surface area contributed by atoms with Crippen molar-refractivity contribution >= 4 is 23.1 Å². The molecule has 0 spiro atoms. The van der Waals surface area contributed by atoms with Crippen LogP contribution in [0.25, 0.3) is 5.76 Å². The van der Waals surface area contributed by atoms with Crippen molar-refractivity contribution in [2.24, 2.45) is 0 Å². The van der Waals surface area contributed by atoms with Crippen molar-refractivity contribution in [1.29, 1.82) is 0 Å². The van der Waals surface area contributed by atoms with Gasteiger partial charge < -0.3 is 14.6 Å². The molecule has 1 N–H and O–H groups in total. The zero-order valence-corrected chi connectivity index (χ0v) is 18.7. The van der Waals surface area contributed by atoms with Gasteiger partial charge in [-0.05, 0) is 55.8 Å². The van der Waals surface area contributed by atoms with E-state index in [0.717, 1.165) is 5.56 Å². The Hall–Kier alpha value is -4.06. The lowest BCUT2D eigenvalue weighted by atomic mass is 9.94. The molecule has 168 valence electrons. The lowest BCUT2D eigenvalue weighted by Gasteiger charge is -2.26. The van der Waals surface area contributed by atoms with Gasteiger partial charge in [0.1, 0.15) is 17.3 Å². The molecule has 0 aliphatic carbocycles. The molecule has 1 atom stereocenters. The Morgan fingerprint density at radius 1 is 0.970 bits per heavy atom. The highest BCUT2D eigenvalue weighted by Crippen LogP contribution is 2.44. The molecule has 33 heavy (non-hydrogen) atoms. The van der Waals surface area contributed by atoms with Crippen LogP contribution in [0.3, 0.4) is 0 Å². The summed E-state index contributed by atoms with van der Waals surface area (Å²) in [4.78, 5) is 27.9. The summed E-state index contributed by atoms with van der Waals surface area (Å²) in [5.74, 6) is -0.492. The van der Waals surface area contributed by atoms with E-state index in [9.17, 15) is 14.7 Å². The first-order valence-corrected chi connectivity index (χ1v) is 10.7. The standard InChI is InChI=1S/C27H25NO5/c1-4-33-21-15-14-18(16-17(21)2)25(29)23-24(20-12-8-9-13-22(20)32-3)28(27(31)26(23)30)19-10-6-5-7-11-19/h5-16,24,29H,4H2,1-3H3/b25-23+. The minimum absolute atomic E-state index is 0.0110. The Kier molecular flexibility index (Phi) is 6.18. The molecule has 1 unspecified atom stereocenters. The summed E-state index contributed by atoms with van der Waals surface area (Å²) in [6.07, 6.45) is 0. The van der Waals surface area contributed by atoms with Crippen molar-refractivity contribution in [3.63, 3.8) is 0 Å². The van der Waals surface area contributed by atoms with Crippen molar-refractivity contribution in [3.8, 4) is 11.5 Å². The van der Waals surface area contributed by atoms with Crippen LogP contribution in [0.5, 0.6) is 11.5 Å². The van der Waals surface area contributed by atoms with Gasteiger partial charge in [0.2, 0.25) is 0 Å². The summed E-state index contributed by atoms with van der Waals surface area (Å²) in [5, 5.41) is 11.3. The van der Waals surface area contributed by atoms with E-state index >= 15 is 0 Å². The number of Topliss-reactive ketones (excluding diaryl/α,β-unsaturated/α-hetero) is 1. The van der Waals surface area contributed by atoms with Crippen LogP contribution in [0.15, 0.2) is 78.4 Å². The van der Waals surface area contributed by atoms with Gasteiger partial charge >= 0.3 is 0 Å². The number of aryl methyl sites for hydroxylation is 1. The van der Waals surface area contributed by atoms with Crippen molar-refractivity contribution in [1.82, 2.24) is 0 Å². The van der Waals surface area contributed by atoms with Gasteiger partial charge in [0.15, 0.2) is 0 Å². The fourth-order valence-corrected chi connectivity index (χ4v) is 4.14. The summed E-state index contributed by atoms with van der Waals surface area (Å²) < 4.78 is 11.1. The monoisotopic (exact) mass is 443 g/mol. The number of hydrogen-bond donors (Lipinski definition) is 1. The molecular formula is C27H25NO5. The van der Waals surface area contributed by atoms with Crippen molar-refractivity contribution in [2.75, 3.05) is 18.6 Å². The molecule has 3 aromatic rings. The summed E-state index contributed by atoms with van der Waals surface area (Å²) in [6.45, 7) is 4.27. The number of rotatable bonds is 6. The number of carbonyl (C=O) groups is 2. The molecule has 6 heteroatoms. The number of anilines is 1. The molecule has 1 heterocycles. The molecule has 0 aromatic heterocycles. The minimum Gasteiger partial charge on any atom is -0.507 e. The van der Waals surface area contributed by atoms with Crippen LogP contribution in [0.2, 0.25) is 0 Å². The SMILES string of the molecule is CCOc1ccc(/C(O)=C2\C(=O)C(=O)N(c3ccccc3)C2c2ccccc2OC)cc1C. The van der Waals surface area contributed by atoms with Crippen LogP contribution < -0.4 is 14.4 Å². The Balaban J connectivity index is 1.94. The fraction of sp³-hybridized carbons (Fsp3) is 0.185. The molecule has 0 bridgehead atoms. The Bertz CT molecular complexity index is 1230. The van der Waals surface area contributed by atoms with Crippen molar-refractivity contribution in [3.05, 3.63) is 95.1 Å². The van der Waals surface area contributed by atoms with Crippen LogP contribution in [0.4, 0.5) is 5.69 Å². The number of para-hydroxylation sites is 2. The number of ether oxygens (including phenoxy) is 2. The molecule has 0 radical (unpaired) electrons. The quantitative estimate of drug-likeness (QED) is 0.329. The molecular weight excluding hydrogens is 418 g/mol. The first kappa shape index (κ1) is 22.1. The lowest BCUT2D eigenvalue weighted by molar-refractivity contribution is -0.132. The maximum absolute atomic E-state index is 13.3. The van der Waals surface area contributed by atoms with Crippen LogP contribution in [-0.4, -0.2) is 30.5 Å². The van der Waals surface area contributed by atoms with Crippen LogP contribution in [0.1, 0.15) is 29.7 Å². The van der Waals surface area contributed by atoms with E-state index in [1.165, 1.54) is 12.0 Å². The van der Waals surface area contributed by atoms with E-state index in [0.29, 0.717) is 34.9 Å². The highest BCUT2D eigenvalue weighted by molar-refractivity contribution is 6.51. The minimum atomic E-state index is -0.851. The van der Waals surface area contributed by atoms with Gasteiger partial charge in [-0.2, -0.15) is 0 Å². The zero-order chi connectivity index (χ0) is 23.5. The topological polar surface area (TPSA) is 76.1 Å². The summed E-state index contributed by atoms with van der Waals surface area (Å²) in [7, 11) is 1.53. The number of carbonyl (C=O) groups excluding carboxylic acids is 2. The maximum Gasteiger partial charge on any atom is 0.300 e. The third-order valence-corrected chi connectivity index (χ3v) is 5.66. The van der Waals surface area contributed by atoms with Gasteiger partial charge in [0.05, 0.1) is 25.3 Å². The molecule has 6 nitrogen and oxygen atoms in total. The number of methoxy groups -OCH3 is 1. The smallest absolute Gasteiger partial charge is 0.300 e. The van der Waals surface area contributed by atoms with Gasteiger partial charge in [0, 0.05) is 16.8 Å². The molecule has 4 rings (SSSR count). The molecule has 0 saturated carbocycles. The molecule has 3 aromatic carbocycles. The second kappa shape index (κ2) is 9.20. The van der Waals surface area contributed by atoms with E-state index in [1.54, 1.807) is 54.6 Å². The van der Waals surface area contributed by atoms with Gasteiger partial charge in [-0.25, -0.2) is 0 Å². The summed E-state index contributed by atoms with van der Waals surface area (Å²) in [5.41, 5.74) is 2.41. The van der Waals surface area contributed by atoms with E-state index in [4.69, 9.17) is 9.47 Å². The summed E-state index contributed by atoms with van der Waals surface area (Å²) in [6, 6.07) is 20.4. The lowest BCUT2D eigenvalue weighted by Crippen LogP contribution is -2.29. The number of aliphatic hydroxyl groups excluding tert-OH is 1. The normalized spacial score (nSPS) is 17.3. The zero-order valence-electron chi connectivity index (χ0n) is 18.7. The fourth-order valence-electron chi connectivity index (χ4n) is 4.14. The highest BCUT2D eigenvalue weighted by Gasteiger charge is 2.47.